The standard InChI is InChI=1S/C18H20N2O2/c21-18(20-16-7-3-8-16)11-15-6-1-2-9-17(15)22-13-14-5-4-10-19-12-14/h1-2,4-6,9-10,12,16H,3,7-8,11,13H2,(H,20,21). The summed E-state index contributed by atoms with van der Waals surface area (Å²) in [5.41, 5.74) is 1.93. The van der Waals surface area contributed by atoms with Crippen LogP contribution in [0.4, 0.5) is 0 Å². The van der Waals surface area contributed by atoms with Gasteiger partial charge in [-0.15, -0.1) is 0 Å². The van der Waals surface area contributed by atoms with E-state index in [4.69, 9.17) is 4.74 Å². The van der Waals surface area contributed by atoms with Crippen molar-refractivity contribution < 1.29 is 9.53 Å². The summed E-state index contributed by atoms with van der Waals surface area (Å²) in [5.74, 6) is 0.831. The third-order valence-corrected chi connectivity index (χ3v) is 3.91. The van der Waals surface area contributed by atoms with Crippen LogP contribution < -0.4 is 10.1 Å². The third kappa shape index (κ3) is 3.85. The molecular weight excluding hydrogens is 276 g/mol. The number of carbonyl (C=O) groups is 1. The lowest BCUT2D eigenvalue weighted by molar-refractivity contribution is -0.121. The van der Waals surface area contributed by atoms with Crippen molar-refractivity contribution in [2.24, 2.45) is 0 Å². The molecule has 0 bridgehead atoms. The van der Waals surface area contributed by atoms with E-state index in [0.717, 1.165) is 29.7 Å². The average Bonchev–Trinajstić information content (AvgIpc) is 2.51. The SMILES string of the molecule is O=C(Cc1ccccc1OCc1cccnc1)NC1CCC1. The molecule has 0 spiro atoms. The second kappa shape index (κ2) is 7.07. The van der Waals surface area contributed by atoms with Crippen molar-refractivity contribution in [3.8, 4) is 5.75 Å². The van der Waals surface area contributed by atoms with Crippen LogP contribution in [-0.4, -0.2) is 16.9 Å². The maximum atomic E-state index is 12.1. The molecule has 0 saturated heterocycles. The van der Waals surface area contributed by atoms with Crippen molar-refractivity contribution >= 4 is 5.91 Å². The fourth-order valence-corrected chi connectivity index (χ4v) is 2.44. The van der Waals surface area contributed by atoms with Crippen molar-refractivity contribution in [1.82, 2.24) is 10.3 Å². The van der Waals surface area contributed by atoms with Crippen LogP contribution in [0.25, 0.3) is 0 Å². The molecule has 1 fully saturated rings. The van der Waals surface area contributed by atoms with Gasteiger partial charge >= 0.3 is 0 Å². The molecule has 0 unspecified atom stereocenters. The van der Waals surface area contributed by atoms with Crippen molar-refractivity contribution in [2.75, 3.05) is 0 Å². The van der Waals surface area contributed by atoms with Gasteiger partial charge in [-0.1, -0.05) is 24.3 Å². The van der Waals surface area contributed by atoms with Crippen LogP contribution in [0.15, 0.2) is 48.8 Å². The number of hydrogen-bond donors (Lipinski definition) is 1. The minimum absolute atomic E-state index is 0.0714. The zero-order valence-corrected chi connectivity index (χ0v) is 12.5. The van der Waals surface area contributed by atoms with Crippen molar-refractivity contribution in [3.05, 3.63) is 59.9 Å². The number of para-hydroxylation sites is 1. The van der Waals surface area contributed by atoms with Crippen LogP contribution >= 0.6 is 0 Å². The van der Waals surface area contributed by atoms with Crippen LogP contribution in [0, 0.1) is 0 Å². The zero-order chi connectivity index (χ0) is 15.2. The van der Waals surface area contributed by atoms with E-state index in [-0.39, 0.29) is 5.91 Å². The van der Waals surface area contributed by atoms with E-state index in [0.29, 0.717) is 19.1 Å². The van der Waals surface area contributed by atoms with Gasteiger partial charge in [0, 0.05) is 29.6 Å². The molecule has 1 aromatic heterocycles. The summed E-state index contributed by atoms with van der Waals surface area (Å²) in [5, 5.41) is 3.06. The Morgan fingerprint density at radius 2 is 2.09 bits per heavy atom. The number of rotatable bonds is 6. The molecule has 1 amide bonds. The molecule has 1 saturated carbocycles. The fraction of sp³-hybridized carbons (Fsp3) is 0.333. The molecule has 1 aliphatic rings. The average molecular weight is 296 g/mol. The molecule has 114 valence electrons. The first-order valence-corrected chi connectivity index (χ1v) is 7.70. The summed E-state index contributed by atoms with van der Waals surface area (Å²) in [6, 6.07) is 11.9. The molecule has 3 rings (SSSR count). The van der Waals surface area contributed by atoms with Crippen LogP contribution in [0.5, 0.6) is 5.75 Å². The molecule has 4 nitrogen and oxygen atoms in total. The number of nitrogens with zero attached hydrogens (tertiary/aromatic N) is 1. The van der Waals surface area contributed by atoms with Crippen molar-refractivity contribution in [1.29, 1.82) is 0 Å². The molecule has 1 aliphatic carbocycles. The van der Waals surface area contributed by atoms with Crippen LogP contribution in [0.2, 0.25) is 0 Å². The van der Waals surface area contributed by atoms with Gasteiger partial charge in [0.25, 0.3) is 0 Å². The minimum atomic E-state index is 0.0714. The number of carbonyl (C=O) groups excluding carboxylic acids is 1. The second-order valence-corrected chi connectivity index (χ2v) is 5.63. The Balaban J connectivity index is 1.60. The van der Waals surface area contributed by atoms with E-state index >= 15 is 0 Å². The van der Waals surface area contributed by atoms with Crippen LogP contribution in [0.1, 0.15) is 30.4 Å². The van der Waals surface area contributed by atoms with Crippen LogP contribution in [0.3, 0.4) is 0 Å². The molecule has 0 atom stereocenters. The summed E-state index contributed by atoms with van der Waals surface area (Å²) >= 11 is 0. The highest BCUT2D eigenvalue weighted by Crippen LogP contribution is 2.21. The van der Waals surface area contributed by atoms with E-state index in [2.05, 4.69) is 10.3 Å². The molecule has 1 aromatic carbocycles. The lowest BCUT2D eigenvalue weighted by Gasteiger charge is -2.26. The number of hydrogen-bond acceptors (Lipinski definition) is 3. The summed E-state index contributed by atoms with van der Waals surface area (Å²) < 4.78 is 5.85. The number of pyridine rings is 1. The summed E-state index contributed by atoms with van der Waals surface area (Å²) in [6.07, 6.45) is 7.30. The second-order valence-electron chi connectivity index (χ2n) is 5.63. The van der Waals surface area contributed by atoms with E-state index < -0.39 is 0 Å². The minimum Gasteiger partial charge on any atom is -0.489 e. The Kier molecular flexibility index (Phi) is 4.68. The first-order chi connectivity index (χ1) is 10.8. The molecule has 0 radical (unpaired) electrons. The quantitative estimate of drug-likeness (QED) is 0.891. The van der Waals surface area contributed by atoms with Crippen molar-refractivity contribution in [2.45, 2.75) is 38.3 Å². The van der Waals surface area contributed by atoms with Gasteiger partial charge in [-0.3, -0.25) is 9.78 Å². The summed E-state index contributed by atoms with van der Waals surface area (Å²) in [6.45, 7) is 0.453. The van der Waals surface area contributed by atoms with Gasteiger partial charge in [0.1, 0.15) is 12.4 Å². The number of benzene rings is 1. The Bertz CT molecular complexity index is 624. The van der Waals surface area contributed by atoms with E-state index in [1.807, 2.05) is 36.4 Å². The van der Waals surface area contributed by atoms with Crippen LogP contribution in [-0.2, 0) is 17.8 Å². The normalized spacial score (nSPS) is 14.2. The Hall–Kier alpha value is -2.36. The van der Waals surface area contributed by atoms with E-state index in [1.165, 1.54) is 6.42 Å². The van der Waals surface area contributed by atoms with E-state index in [9.17, 15) is 4.79 Å². The Labute approximate surface area is 130 Å². The van der Waals surface area contributed by atoms with Gasteiger partial charge in [0.05, 0.1) is 6.42 Å². The highest BCUT2D eigenvalue weighted by molar-refractivity contribution is 5.79. The first-order valence-electron chi connectivity index (χ1n) is 7.70. The highest BCUT2D eigenvalue weighted by atomic mass is 16.5. The number of nitrogens with one attached hydrogen (secondary N) is 1. The summed E-state index contributed by atoms with van der Waals surface area (Å²) in [4.78, 5) is 16.1. The predicted octanol–water partition coefficient (Wildman–Crippen LogP) is 2.87. The molecule has 2 aromatic rings. The lowest BCUT2D eigenvalue weighted by Crippen LogP contribution is -2.40. The number of ether oxygens (including phenoxy) is 1. The molecule has 0 aliphatic heterocycles. The van der Waals surface area contributed by atoms with Gasteiger partial charge in [0.2, 0.25) is 5.91 Å². The fourth-order valence-electron chi connectivity index (χ4n) is 2.44. The molecule has 4 heteroatoms. The molecule has 1 N–H and O–H groups in total. The lowest BCUT2D eigenvalue weighted by atomic mass is 9.93. The highest BCUT2D eigenvalue weighted by Gasteiger charge is 2.19. The maximum absolute atomic E-state index is 12.1. The Morgan fingerprint density at radius 1 is 1.23 bits per heavy atom. The number of aromatic nitrogens is 1. The van der Waals surface area contributed by atoms with E-state index in [1.54, 1.807) is 12.4 Å². The zero-order valence-electron chi connectivity index (χ0n) is 12.5. The molecule has 22 heavy (non-hydrogen) atoms. The van der Waals surface area contributed by atoms with Gasteiger partial charge in [0.15, 0.2) is 0 Å². The topological polar surface area (TPSA) is 51.2 Å². The van der Waals surface area contributed by atoms with Gasteiger partial charge in [-0.05, 0) is 31.4 Å². The Morgan fingerprint density at radius 3 is 2.82 bits per heavy atom. The van der Waals surface area contributed by atoms with Gasteiger partial charge in [-0.25, -0.2) is 0 Å². The molecule has 1 heterocycles. The largest absolute Gasteiger partial charge is 0.489 e. The predicted molar refractivity (Wildman–Crippen MR) is 84.5 cm³/mol. The van der Waals surface area contributed by atoms with Crippen molar-refractivity contribution in [3.63, 3.8) is 0 Å². The van der Waals surface area contributed by atoms with Gasteiger partial charge in [-0.2, -0.15) is 0 Å². The van der Waals surface area contributed by atoms with Gasteiger partial charge < -0.3 is 10.1 Å². The first kappa shape index (κ1) is 14.6. The number of amides is 1. The molecular formula is C18H20N2O2. The maximum Gasteiger partial charge on any atom is 0.224 e. The smallest absolute Gasteiger partial charge is 0.224 e. The third-order valence-electron chi connectivity index (χ3n) is 3.91. The monoisotopic (exact) mass is 296 g/mol. The summed E-state index contributed by atoms with van der Waals surface area (Å²) in [7, 11) is 0.